The molecule has 0 saturated heterocycles. The van der Waals surface area contributed by atoms with Crippen LogP contribution in [-0.4, -0.2) is 4.98 Å². The Hall–Kier alpha value is -1.92. The number of aromatic nitrogens is 1. The Kier molecular flexibility index (Phi) is 3.43. The van der Waals surface area contributed by atoms with Gasteiger partial charge in [-0.25, -0.2) is 0 Å². The van der Waals surface area contributed by atoms with Crippen molar-refractivity contribution in [3.05, 3.63) is 64.8 Å². The van der Waals surface area contributed by atoms with Gasteiger partial charge in [-0.2, -0.15) is 13.2 Å². The van der Waals surface area contributed by atoms with E-state index in [-0.39, 0.29) is 5.56 Å². The van der Waals surface area contributed by atoms with Gasteiger partial charge in [0.1, 0.15) is 0 Å². The number of pyridine rings is 1. The molecule has 1 aromatic carbocycles. The normalized spacial score (nSPS) is 13.5. The SMILES string of the molecule is NC(c1cnccc1C(F)(F)F)c1csc2ccccc12. The van der Waals surface area contributed by atoms with Crippen molar-refractivity contribution in [2.24, 2.45) is 5.73 Å². The van der Waals surface area contributed by atoms with Crippen LogP contribution in [0, 0.1) is 0 Å². The van der Waals surface area contributed by atoms with Crippen LogP contribution in [0.5, 0.6) is 0 Å². The van der Waals surface area contributed by atoms with Crippen LogP contribution >= 0.6 is 11.3 Å². The van der Waals surface area contributed by atoms with Crippen molar-refractivity contribution >= 4 is 21.4 Å². The zero-order valence-corrected chi connectivity index (χ0v) is 11.6. The predicted molar refractivity (Wildman–Crippen MR) is 77.1 cm³/mol. The highest BCUT2D eigenvalue weighted by Crippen LogP contribution is 2.38. The number of nitrogens with zero attached hydrogens (tertiary/aromatic N) is 1. The number of benzene rings is 1. The molecule has 6 heteroatoms. The summed E-state index contributed by atoms with van der Waals surface area (Å²) in [6, 6.07) is 7.63. The molecule has 0 fully saturated rings. The van der Waals surface area contributed by atoms with Crippen molar-refractivity contribution in [1.82, 2.24) is 4.98 Å². The van der Waals surface area contributed by atoms with Crippen LogP contribution in [0.15, 0.2) is 48.1 Å². The van der Waals surface area contributed by atoms with Gasteiger partial charge in [0, 0.05) is 22.7 Å². The van der Waals surface area contributed by atoms with Gasteiger partial charge in [-0.05, 0) is 28.5 Å². The summed E-state index contributed by atoms with van der Waals surface area (Å²) in [7, 11) is 0. The van der Waals surface area contributed by atoms with Crippen LogP contribution in [-0.2, 0) is 6.18 Å². The van der Waals surface area contributed by atoms with Gasteiger partial charge in [0.15, 0.2) is 0 Å². The average Bonchev–Trinajstić information content (AvgIpc) is 2.89. The molecule has 0 amide bonds. The number of thiophene rings is 1. The molecular weight excluding hydrogens is 297 g/mol. The monoisotopic (exact) mass is 308 g/mol. The van der Waals surface area contributed by atoms with E-state index in [9.17, 15) is 13.2 Å². The molecule has 1 atom stereocenters. The van der Waals surface area contributed by atoms with Crippen molar-refractivity contribution in [2.75, 3.05) is 0 Å². The zero-order chi connectivity index (χ0) is 15.0. The molecular formula is C15H11F3N2S. The Labute approximate surface area is 123 Å². The van der Waals surface area contributed by atoms with E-state index in [1.165, 1.54) is 17.5 Å². The van der Waals surface area contributed by atoms with Gasteiger partial charge in [0.05, 0.1) is 11.6 Å². The van der Waals surface area contributed by atoms with Crippen molar-refractivity contribution in [2.45, 2.75) is 12.2 Å². The summed E-state index contributed by atoms with van der Waals surface area (Å²) >= 11 is 1.47. The van der Waals surface area contributed by atoms with Gasteiger partial charge in [-0.3, -0.25) is 4.98 Å². The van der Waals surface area contributed by atoms with Crippen LogP contribution in [0.25, 0.3) is 10.1 Å². The first-order valence-electron chi connectivity index (χ1n) is 6.21. The van der Waals surface area contributed by atoms with Crippen molar-refractivity contribution in [3.8, 4) is 0 Å². The molecule has 21 heavy (non-hydrogen) atoms. The highest BCUT2D eigenvalue weighted by Gasteiger charge is 2.35. The molecule has 0 saturated carbocycles. The predicted octanol–water partition coefficient (Wildman–Crippen LogP) is 4.36. The highest BCUT2D eigenvalue weighted by molar-refractivity contribution is 7.17. The minimum atomic E-state index is -4.44. The Bertz CT molecular complexity index is 780. The van der Waals surface area contributed by atoms with Crippen LogP contribution < -0.4 is 5.73 Å². The summed E-state index contributed by atoms with van der Waals surface area (Å²) < 4.78 is 40.3. The number of nitrogens with two attached hydrogens (primary N) is 1. The van der Waals surface area contributed by atoms with Crippen molar-refractivity contribution in [3.63, 3.8) is 0 Å². The molecule has 108 valence electrons. The van der Waals surface area contributed by atoms with Crippen LogP contribution in [0.3, 0.4) is 0 Å². The Balaban J connectivity index is 2.13. The summed E-state index contributed by atoms with van der Waals surface area (Å²) in [5.41, 5.74) is 6.04. The minimum absolute atomic E-state index is 0.00597. The summed E-state index contributed by atoms with van der Waals surface area (Å²) in [6.07, 6.45) is -2.12. The molecule has 2 aromatic heterocycles. The van der Waals surface area contributed by atoms with E-state index in [4.69, 9.17) is 5.73 Å². The second kappa shape index (κ2) is 5.13. The van der Waals surface area contributed by atoms with Gasteiger partial charge in [0.2, 0.25) is 0 Å². The number of rotatable bonds is 2. The fourth-order valence-electron chi connectivity index (χ4n) is 2.32. The Morgan fingerprint density at radius 1 is 1.10 bits per heavy atom. The lowest BCUT2D eigenvalue weighted by atomic mass is 9.96. The van der Waals surface area contributed by atoms with E-state index in [1.54, 1.807) is 0 Å². The van der Waals surface area contributed by atoms with Gasteiger partial charge in [-0.15, -0.1) is 11.3 Å². The largest absolute Gasteiger partial charge is 0.416 e. The average molecular weight is 308 g/mol. The van der Waals surface area contributed by atoms with E-state index >= 15 is 0 Å². The standard InChI is InChI=1S/C15H11F3N2S/c16-15(17,18)12-5-6-20-7-10(12)14(19)11-8-21-13-4-2-1-3-9(11)13/h1-8,14H,19H2. The van der Waals surface area contributed by atoms with E-state index in [0.717, 1.165) is 22.3 Å². The lowest BCUT2D eigenvalue weighted by molar-refractivity contribution is -0.138. The van der Waals surface area contributed by atoms with Gasteiger partial charge in [0.25, 0.3) is 0 Å². The maximum absolute atomic E-state index is 13.1. The van der Waals surface area contributed by atoms with Crippen LogP contribution in [0.2, 0.25) is 0 Å². The van der Waals surface area contributed by atoms with Gasteiger partial charge >= 0.3 is 6.18 Å². The van der Waals surface area contributed by atoms with E-state index in [0.29, 0.717) is 5.56 Å². The van der Waals surface area contributed by atoms with E-state index in [2.05, 4.69) is 4.98 Å². The molecule has 0 bridgehead atoms. The first kappa shape index (κ1) is 14.0. The Morgan fingerprint density at radius 3 is 2.62 bits per heavy atom. The number of hydrogen-bond donors (Lipinski definition) is 1. The molecule has 2 N–H and O–H groups in total. The first-order valence-corrected chi connectivity index (χ1v) is 7.09. The van der Waals surface area contributed by atoms with Gasteiger partial charge in [-0.1, -0.05) is 18.2 Å². The maximum atomic E-state index is 13.1. The molecule has 0 radical (unpaired) electrons. The van der Waals surface area contributed by atoms with E-state index < -0.39 is 17.8 Å². The summed E-state index contributed by atoms with van der Waals surface area (Å²) in [6.45, 7) is 0. The number of alkyl halides is 3. The molecule has 0 aliphatic carbocycles. The number of hydrogen-bond acceptors (Lipinski definition) is 3. The molecule has 2 nitrogen and oxygen atoms in total. The molecule has 0 aliphatic heterocycles. The summed E-state index contributed by atoms with van der Waals surface area (Å²) in [5, 5.41) is 2.69. The topological polar surface area (TPSA) is 38.9 Å². The third-order valence-corrected chi connectivity index (χ3v) is 4.32. The van der Waals surface area contributed by atoms with Crippen LogP contribution in [0.1, 0.15) is 22.7 Å². The molecule has 2 heterocycles. The third-order valence-electron chi connectivity index (χ3n) is 3.34. The lowest BCUT2D eigenvalue weighted by Gasteiger charge is -2.17. The smallest absolute Gasteiger partial charge is 0.320 e. The second-order valence-corrected chi connectivity index (χ2v) is 5.54. The number of halogens is 3. The highest BCUT2D eigenvalue weighted by atomic mass is 32.1. The fourth-order valence-corrected chi connectivity index (χ4v) is 3.32. The Morgan fingerprint density at radius 2 is 1.86 bits per heavy atom. The minimum Gasteiger partial charge on any atom is -0.320 e. The molecule has 1 unspecified atom stereocenters. The third kappa shape index (κ3) is 2.52. The summed E-state index contributed by atoms with van der Waals surface area (Å²) in [4.78, 5) is 3.79. The first-order chi connectivity index (χ1) is 9.98. The fraction of sp³-hybridized carbons (Fsp3) is 0.133. The van der Waals surface area contributed by atoms with E-state index in [1.807, 2.05) is 29.6 Å². The van der Waals surface area contributed by atoms with Crippen molar-refractivity contribution in [1.29, 1.82) is 0 Å². The summed E-state index contributed by atoms with van der Waals surface area (Å²) in [5.74, 6) is 0. The molecule has 3 aromatic rings. The molecule has 0 aliphatic rings. The quantitative estimate of drug-likeness (QED) is 0.764. The maximum Gasteiger partial charge on any atom is 0.416 e. The number of fused-ring (bicyclic) bond motifs is 1. The van der Waals surface area contributed by atoms with Gasteiger partial charge < -0.3 is 5.73 Å². The van der Waals surface area contributed by atoms with Crippen LogP contribution in [0.4, 0.5) is 13.2 Å². The molecule has 0 spiro atoms. The lowest BCUT2D eigenvalue weighted by Crippen LogP contribution is -2.18. The van der Waals surface area contributed by atoms with Crippen molar-refractivity contribution < 1.29 is 13.2 Å². The second-order valence-electron chi connectivity index (χ2n) is 4.63. The zero-order valence-electron chi connectivity index (χ0n) is 10.8. The molecule has 3 rings (SSSR count).